The number of benzene rings is 1. The molecule has 0 amide bonds. The Bertz CT molecular complexity index is 331. The van der Waals surface area contributed by atoms with Crippen LogP contribution in [0.4, 0.5) is 0 Å². The molecule has 0 radical (unpaired) electrons. The lowest BCUT2D eigenvalue weighted by atomic mass is 10.2. The van der Waals surface area contributed by atoms with Crippen molar-refractivity contribution < 1.29 is 23.5 Å². The summed E-state index contributed by atoms with van der Waals surface area (Å²) in [6, 6.07) is 8.60. The molecule has 1 rings (SSSR count). The SMILES string of the molecule is O=P(O)(OCCl)OOCc1ccccc1. The lowest BCUT2D eigenvalue weighted by Gasteiger charge is -2.08. The van der Waals surface area contributed by atoms with Crippen molar-refractivity contribution in [3.05, 3.63) is 35.9 Å². The van der Waals surface area contributed by atoms with Crippen molar-refractivity contribution in [1.29, 1.82) is 0 Å². The Kier molecular flexibility index (Phi) is 5.25. The minimum Gasteiger partial charge on any atom is -0.301 e. The molecule has 0 fully saturated rings. The topological polar surface area (TPSA) is 65.0 Å². The lowest BCUT2D eigenvalue weighted by molar-refractivity contribution is -0.233. The van der Waals surface area contributed by atoms with Crippen molar-refractivity contribution in [3.8, 4) is 0 Å². The van der Waals surface area contributed by atoms with E-state index in [0.29, 0.717) is 0 Å². The quantitative estimate of drug-likeness (QED) is 0.365. The summed E-state index contributed by atoms with van der Waals surface area (Å²) in [4.78, 5) is 13.4. The van der Waals surface area contributed by atoms with Crippen molar-refractivity contribution >= 4 is 19.4 Å². The summed E-state index contributed by atoms with van der Waals surface area (Å²) < 4.78 is 19.3. The number of rotatable bonds is 6. The van der Waals surface area contributed by atoms with Gasteiger partial charge in [0.2, 0.25) is 0 Å². The van der Waals surface area contributed by atoms with Gasteiger partial charge in [-0.25, -0.2) is 9.45 Å². The summed E-state index contributed by atoms with van der Waals surface area (Å²) in [5, 5.41) is 0. The fourth-order valence-electron chi connectivity index (χ4n) is 0.818. The lowest BCUT2D eigenvalue weighted by Crippen LogP contribution is -1.96. The minimum absolute atomic E-state index is 0.0526. The standard InChI is InChI=1S/C8H10ClO5P/c9-7-13-15(10,11)14-12-6-8-4-2-1-3-5-8/h1-5H,6-7H2,(H,10,11). The molecule has 15 heavy (non-hydrogen) atoms. The Morgan fingerprint density at radius 1 is 1.33 bits per heavy atom. The van der Waals surface area contributed by atoms with Gasteiger partial charge in [0.1, 0.15) is 12.7 Å². The third-order valence-electron chi connectivity index (χ3n) is 1.43. The van der Waals surface area contributed by atoms with E-state index in [9.17, 15) is 4.57 Å². The van der Waals surface area contributed by atoms with Crippen LogP contribution in [0, 0.1) is 0 Å². The second-order valence-electron chi connectivity index (χ2n) is 2.53. The fourth-order valence-corrected chi connectivity index (χ4v) is 1.54. The molecule has 1 aromatic rings. The molecule has 0 saturated heterocycles. The van der Waals surface area contributed by atoms with E-state index in [0.717, 1.165) is 5.56 Å². The van der Waals surface area contributed by atoms with Crippen LogP contribution in [-0.4, -0.2) is 11.0 Å². The van der Waals surface area contributed by atoms with Crippen LogP contribution in [-0.2, 0) is 25.3 Å². The van der Waals surface area contributed by atoms with E-state index in [-0.39, 0.29) is 6.61 Å². The third-order valence-corrected chi connectivity index (χ3v) is 2.44. The molecule has 0 bridgehead atoms. The molecule has 0 heterocycles. The second-order valence-corrected chi connectivity index (χ2v) is 4.09. The number of hydrogen-bond acceptors (Lipinski definition) is 4. The summed E-state index contributed by atoms with van der Waals surface area (Å²) in [6.45, 7) is 0.0526. The van der Waals surface area contributed by atoms with Gasteiger partial charge in [0.15, 0.2) is 0 Å². The van der Waals surface area contributed by atoms with E-state index in [2.05, 4.69) is 14.1 Å². The van der Waals surface area contributed by atoms with Crippen LogP contribution >= 0.6 is 19.4 Å². The average molecular weight is 253 g/mol. The Morgan fingerprint density at radius 2 is 2.00 bits per heavy atom. The van der Waals surface area contributed by atoms with Crippen LogP contribution < -0.4 is 0 Å². The number of phosphoric ester groups is 1. The molecular weight excluding hydrogens is 243 g/mol. The highest BCUT2D eigenvalue weighted by atomic mass is 35.5. The zero-order chi connectivity index (χ0) is 11.1. The van der Waals surface area contributed by atoms with Crippen molar-refractivity contribution in [2.24, 2.45) is 0 Å². The van der Waals surface area contributed by atoms with Gasteiger partial charge in [-0.05, 0) is 5.56 Å². The zero-order valence-corrected chi connectivity index (χ0v) is 9.36. The third kappa shape index (κ3) is 5.28. The Hall–Kier alpha value is -0.420. The first kappa shape index (κ1) is 12.6. The van der Waals surface area contributed by atoms with Gasteiger partial charge in [-0.2, -0.15) is 0 Å². The summed E-state index contributed by atoms with van der Waals surface area (Å²) in [7, 11) is -4.18. The van der Waals surface area contributed by atoms with E-state index in [1.165, 1.54) is 0 Å². The normalized spacial score (nSPS) is 14.8. The highest BCUT2D eigenvalue weighted by molar-refractivity contribution is 7.47. The molecule has 1 N–H and O–H groups in total. The molecule has 0 saturated carbocycles. The maximum atomic E-state index is 10.9. The highest BCUT2D eigenvalue weighted by Crippen LogP contribution is 2.43. The number of alkyl halides is 1. The molecule has 1 unspecified atom stereocenters. The summed E-state index contributed by atoms with van der Waals surface area (Å²) >= 11 is 5.09. The van der Waals surface area contributed by atoms with Crippen LogP contribution in [0.2, 0.25) is 0 Å². The molecule has 1 atom stereocenters. The molecule has 0 aliphatic heterocycles. The van der Waals surface area contributed by atoms with Crippen molar-refractivity contribution in [2.45, 2.75) is 6.61 Å². The van der Waals surface area contributed by atoms with Crippen molar-refractivity contribution in [2.75, 3.05) is 6.07 Å². The first-order chi connectivity index (χ1) is 7.14. The van der Waals surface area contributed by atoms with Gasteiger partial charge in [0, 0.05) is 0 Å². The van der Waals surface area contributed by atoms with Crippen LogP contribution in [0.15, 0.2) is 30.3 Å². The summed E-state index contributed by atoms with van der Waals surface area (Å²) in [5.74, 6) is 0. The van der Waals surface area contributed by atoms with E-state index < -0.39 is 13.9 Å². The predicted octanol–water partition coefficient (Wildman–Crippen LogP) is 2.45. The minimum atomic E-state index is -4.18. The molecule has 0 spiro atoms. The Morgan fingerprint density at radius 3 is 2.60 bits per heavy atom. The van der Waals surface area contributed by atoms with Crippen LogP contribution in [0.1, 0.15) is 5.56 Å². The van der Waals surface area contributed by atoms with Crippen LogP contribution in [0.25, 0.3) is 0 Å². The van der Waals surface area contributed by atoms with Gasteiger partial charge in [0.25, 0.3) is 0 Å². The Balaban J connectivity index is 2.31. The Labute approximate surface area is 92.1 Å². The molecule has 0 aromatic heterocycles. The van der Waals surface area contributed by atoms with Gasteiger partial charge >= 0.3 is 7.82 Å². The summed E-state index contributed by atoms with van der Waals surface area (Å²) in [5.41, 5.74) is 0.809. The van der Waals surface area contributed by atoms with E-state index in [1.807, 2.05) is 18.2 Å². The van der Waals surface area contributed by atoms with E-state index in [4.69, 9.17) is 16.5 Å². The molecule has 84 valence electrons. The van der Waals surface area contributed by atoms with Gasteiger partial charge < -0.3 is 4.89 Å². The maximum absolute atomic E-state index is 10.9. The van der Waals surface area contributed by atoms with Crippen molar-refractivity contribution in [3.63, 3.8) is 0 Å². The molecular formula is C8H10ClO5P. The van der Waals surface area contributed by atoms with Crippen molar-refractivity contribution in [1.82, 2.24) is 0 Å². The van der Waals surface area contributed by atoms with E-state index in [1.54, 1.807) is 12.1 Å². The fraction of sp³-hybridized carbons (Fsp3) is 0.250. The number of hydrogen-bond donors (Lipinski definition) is 1. The molecule has 5 nitrogen and oxygen atoms in total. The van der Waals surface area contributed by atoms with Crippen LogP contribution in [0.3, 0.4) is 0 Å². The van der Waals surface area contributed by atoms with Gasteiger partial charge in [0.05, 0.1) is 0 Å². The zero-order valence-electron chi connectivity index (χ0n) is 7.71. The van der Waals surface area contributed by atoms with Gasteiger partial charge in [-0.1, -0.05) is 41.9 Å². The molecule has 7 heteroatoms. The molecule has 0 aliphatic carbocycles. The summed E-state index contributed by atoms with van der Waals surface area (Å²) in [6.07, 6.45) is 0. The highest BCUT2D eigenvalue weighted by Gasteiger charge is 2.21. The van der Waals surface area contributed by atoms with Crippen LogP contribution in [0.5, 0.6) is 0 Å². The largest absolute Gasteiger partial charge is 0.500 e. The number of halogens is 1. The first-order valence-corrected chi connectivity index (χ1v) is 6.05. The van der Waals surface area contributed by atoms with Gasteiger partial charge in [-0.15, -0.1) is 4.67 Å². The maximum Gasteiger partial charge on any atom is 0.500 e. The predicted molar refractivity (Wildman–Crippen MR) is 53.9 cm³/mol. The molecule has 0 aliphatic rings. The second kappa shape index (κ2) is 6.23. The van der Waals surface area contributed by atoms with E-state index >= 15 is 0 Å². The first-order valence-electron chi connectivity index (χ1n) is 4.02. The van der Waals surface area contributed by atoms with Gasteiger partial charge in [-0.3, -0.25) is 4.52 Å². The average Bonchev–Trinajstić information content (AvgIpc) is 2.19. The monoisotopic (exact) mass is 252 g/mol. The smallest absolute Gasteiger partial charge is 0.301 e. The number of phosphoric acid groups is 1. The molecule has 1 aromatic carbocycles.